The van der Waals surface area contributed by atoms with Crippen LogP contribution in [0, 0.1) is 0 Å². The van der Waals surface area contributed by atoms with E-state index in [9.17, 15) is 9.59 Å². The van der Waals surface area contributed by atoms with Crippen molar-refractivity contribution in [3.8, 4) is 11.5 Å². The fraction of sp³-hybridized carbons (Fsp3) is 0.200. The number of hydrogen-bond donors (Lipinski definition) is 2. The minimum absolute atomic E-state index is 0.0755. The lowest BCUT2D eigenvalue weighted by atomic mass is 10.2. The van der Waals surface area contributed by atoms with Crippen LogP contribution in [0.25, 0.3) is 0 Å². The molecular weight excluding hydrogens is 438 g/mol. The standard InChI is InChI=1S/C20H19N5O4S2/c1-28-13-8-6-12(7-9-13)22-19-23-24-20(31-19)30-11-17(26)25-10-16(18(21)27)29-15-5-3-2-4-14(15)25/h2-9,16H,10-11H2,1H3,(H2,21,27)(H,22,23). The van der Waals surface area contributed by atoms with Crippen molar-refractivity contribution in [2.24, 2.45) is 5.73 Å². The smallest absolute Gasteiger partial charge is 0.260 e. The van der Waals surface area contributed by atoms with Crippen LogP contribution in [0.1, 0.15) is 0 Å². The number of thioether (sulfide) groups is 1. The highest BCUT2D eigenvalue weighted by Gasteiger charge is 2.32. The molecule has 9 nitrogen and oxygen atoms in total. The first-order chi connectivity index (χ1) is 15.0. The summed E-state index contributed by atoms with van der Waals surface area (Å²) in [5, 5.41) is 12.0. The third-order valence-electron chi connectivity index (χ3n) is 4.46. The van der Waals surface area contributed by atoms with E-state index in [1.54, 1.807) is 25.3 Å². The number of aromatic nitrogens is 2. The summed E-state index contributed by atoms with van der Waals surface area (Å²) < 4.78 is 11.4. The average Bonchev–Trinajstić information content (AvgIpc) is 3.24. The summed E-state index contributed by atoms with van der Waals surface area (Å²) in [6, 6.07) is 14.5. The molecular formula is C20H19N5O4S2. The Labute approximate surface area is 186 Å². The van der Waals surface area contributed by atoms with Crippen LogP contribution >= 0.6 is 23.1 Å². The highest BCUT2D eigenvalue weighted by Crippen LogP contribution is 2.34. The molecule has 0 spiro atoms. The summed E-state index contributed by atoms with van der Waals surface area (Å²) in [6.07, 6.45) is -0.884. The van der Waals surface area contributed by atoms with Crippen molar-refractivity contribution in [3.05, 3.63) is 48.5 Å². The summed E-state index contributed by atoms with van der Waals surface area (Å²) in [7, 11) is 1.61. The second kappa shape index (κ2) is 9.23. The number of fused-ring (bicyclic) bond motifs is 1. The van der Waals surface area contributed by atoms with Gasteiger partial charge >= 0.3 is 0 Å². The molecule has 11 heteroatoms. The second-order valence-electron chi connectivity index (χ2n) is 6.50. The fourth-order valence-corrected chi connectivity index (χ4v) is 4.58. The number of anilines is 3. The molecule has 1 atom stereocenters. The Morgan fingerprint density at radius 3 is 2.77 bits per heavy atom. The van der Waals surface area contributed by atoms with Gasteiger partial charge in [0.1, 0.15) is 11.5 Å². The number of amides is 2. The molecule has 31 heavy (non-hydrogen) atoms. The minimum atomic E-state index is -0.884. The van der Waals surface area contributed by atoms with Gasteiger partial charge in [0.2, 0.25) is 11.0 Å². The Morgan fingerprint density at radius 2 is 2.03 bits per heavy atom. The van der Waals surface area contributed by atoms with Crippen LogP contribution in [0.4, 0.5) is 16.5 Å². The Morgan fingerprint density at radius 1 is 1.26 bits per heavy atom. The summed E-state index contributed by atoms with van der Waals surface area (Å²) in [5.41, 5.74) is 6.87. The van der Waals surface area contributed by atoms with Crippen LogP contribution in [0.5, 0.6) is 11.5 Å². The van der Waals surface area contributed by atoms with Crippen LogP contribution in [0.15, 0.2) is 52.9 Å². The van der Waals surface area contributed by atoms with E-state index >= 15 is 0 Å². The minimum Gasteiger partial charge on any atom is -0.497 e. The molecule has 0 saturated heterocycles. The van der Waals surface area contributed by atoms with Crippen LogP contribution in [0.2, 0.25) is 0 Å². The number of benzene rings is 2. The summed E-state index contributed by atoms with van der Waals surface area (Å²) in [5.74, 6) is 0.570. The van der Waals surface area contributed by atoms with Gasteiger partial charge in [-0.3, -0.25) is 9.59 Å². The number of nitrogens with one attached hydrogen (secondary N) is 1. The third-order valence-corrected chi connectivity index (χ3v) is 6.42. The van der Waals surface area contributed by atoms with Gasteiger partial charge in [-0.1, -0.05) is 35.2 Å². The van der Waals surface area contributed by atoms with Crippen LogP contribution in [-0.2, 0) is 9.59 Å². The first-order valence-electron chi connectivity index (χ1n) is 9.26. The lowest BCUT2D eigenvalue weighted by Crippen LogP contribution is -2.49. The second-order valence-corrected chi connectivity index (χ2v) is 8.70. The molecule has 0 bridgehead atoms. The topological polar surface area (TPSA) is 120 Å². The SMILES string of the molecule is COc1ccc(Nc2nnc(SCC(=O)N3CC(C(N)=O)Oc4ccccc43)s2)cc1. The van der Waals surface area contributed by atoms with Gasteiger partial charge in [0.05, 0.1) is 25.1 Å². The summed E-state index contributed by atoms with van der Waals surface area (Å²) >= 11 is 2.63. The maximum absolute atomic E-state index is 12.9. The highest BCUT2D eigenvalue weighted by molar-refractivity contribution is 8.01. The Bertz CT molecular complexity index is 1090. The number of nitrogens with two attached hydrogens (primary N) is 1. The number of primary amides is 1. The third kappa shape index (κ3) is 4.89. The van der Waals surface area contributed by atoms with E-state index in [4.69, 9.17) is 15.2 Å². The maximum atomic E-state index is 12.9. The van der Waals surface area contributed by atoms with E-state index in [-0.39, 0.29) is 18.2 Å². The Kier molecular flexibility index (Phi) is 6.23. The first-order valence-corrected chi connectivity index (χ1v) is 11.1. The number of rotatable bonds is 7. The summed E-state index contributed by atoms with van der Waals surface area (Å²) in [6.45, 7) is 0.0755. The predicted octanol–water partition coefficient (Wildman–Crippen LogP) is 2.66. The van der Waals surface area contributed by atoms with Crippen LogP contribution < -0.4 is 25.4 Å². The Hall–Kier alpha value is -3.31. The molecule has 3 aromatic rings. The molecule has 1 unspecified atom stereocenters. The highest BCUT2D eigenvalue weighted by atomic mass is 32.2. The molecule has 3 N–H and O–H groups in total. The zero-order chi connectivity index (χ0) is 21.8. The van der Waals surface area contributed by atoms with Crippen molar-refractivity contribution in [2.45, 2.75) is 10.4 Å². The van der Waals surface area contributed by atoms with Crippen molar-refractivity contribution in [2.75, 3.05) is 29.6 Å². The lowest BCUT2D eigenvalue weighted by Gasteiger charge is -2.33. The molecule has 1 aliphatic rings. The molecule has 2 aromatic carbocycles. The molecule has 0 radical (unpaired) electrons. The number of methoxy groups -OCH3 is 1. The summed E-state index contributed by atoms with van der Waals surface area (Å²) in [4.78, 5) is 26.0. The molecule has 2 amide bonds. The zero-order valence-corrected chi connectivity index (χ0v) is 18.1. The number of carbonyl (C=O) groups excluding carboxylic acids is 2. The fourth-order valence-electron chi connectivity index (χ4n) is 2.94. The normalized spacial score (nSPS) is 15.0. The van der Waals surface area contributed by atoms with Crippen molar-refractivity contribution < 1.29 is 19.1 Å². The van der Waals surface area contributed by atoms with Gasteiger partial charge in [-0.25, -0.2) is 0 Å². The maximum Gasteiger partial charge on any atom is 0.260 e. The molecule has 0 fully saturated rings. The predicted molar refractivity (Wildman–Crippen MR) is 119 cm³/mol. The van der Waals surface area contributed by atoms with Gasteiger partial charge in [-0.05, 0) is 36.4 Å². The van der Waals surface area contributed by atoms with E-state index in [0.717, 1.165) is 11.4 Å². The number of ether oxygens (including phenoxy) is 2. The molecule has 160 valence electrons. The van der Waals surface area contributed by atoms with Gasteiger partial charge in [0, 0.05) is 5.69 Å². The van der Waals surface area contributed by atoms with Gasteiger partial charge in [-0.15, -0.1) is 10.2 Å². The average molecular weight is 458 g/mol. The lowest BCUT2D eigenvalue weighted by molar-refractivity contribution is -0.125. The number of para-hydroxylation sites is 2. The van der Waals surface area contributed by atoms with Gasteiger partial charge in [0.15, 0.2) is 10.4 Å². The van der Waals surface area contributed by atoms with Gasteiger partial charge in [0.25, 0.3) is 5.91 Å². The largest absolute Gasteiger partial charge is 0.497 e. The zero-order valence-electron chi connectivity index (χ0n) is 16.5. The van der Waals surface area contributed by atoms with Crippen molar-refractivity contribution in [1.82, 2.24) is 10.2 Å². The van der Waals surface area contributed by atoms with Crippen LogP contribution in [0.3, 0.4) is 0 Å². The first kappa shape index (κ1) is 20.9. The quantitative estimate of drug-likeness (QED) is 0.520. The number of hydrogen-bond acceptors (Lipinski definition) is 9. The molecule has 4 rings (SSSR count). The van der Waals surface area contributed by atoms with E-state index in [1.807, 2.05) is 30.3 Å². The van der Waals surface area contributed by atoms with E-state index in [2.05, 4.69) is 15.5 Å². The van der Waals surface area contributed by atoms with Gasteiger partial charge in [-0.2, -0.15) is 0 Å². The number of nitrogens with zero attached hydrogens (tertiary/aromatic N) is 3. The van der Waals surface area contributed by atoms with E-state index in [1.165, 1.54) is 28.0 Å². The van der Waals surface area contributed by atoms with E-state index in [0.29, 0.717) is 20.9 Å². The van der Waals surface area contributed by atoms with Crippen LogP contribution in [-0.4, -0.2) is 47.5 Å². The molecule has 0 saturated carbocycles. The molecule has 1 aliphatic heterocycles. The van der Waals surface area contributed by atoms with E-state index < -0.39 is 12.0 Å². The molecule has 0 aliphatic carbocycles. The van der Waals surface area contributed by atoms with Gasteiger partial charge < -0.3 is 25.4 Å². The monoisotopic (exact) mass is 457 g/mol. The van der Waals surface area contributed by atoms with Crippen molar-refractivity contribution in [3.63, 3.8) is 0 Å². The van der Waals surface area contributed by atoms with Crippen molar-refractivity contribution in [1.29, 1.82) is 0 Å². The Balaban J connectivity index is 1.39. The molecule has 2 heterocycles. The number of carbonyl (C=O) groups is 2. The molecule has 1 aromatic heterocycles. The van der Waals surface area contributed by atoms with Crippen molar-refractivity contribution >= 4 is 51.4 Å².